The minimum atomic E-state index is -0.455. The van der Waals surface area contributed by atoms with Gasteiger partial charge in [0.1, 0.15) is 0 Å². The van der Waals surface area contributed by atoms with Crippen LogP contribution in [0, 0.1) is 13.0 Å². The van der Waals surface area contributed by atoms with Crippen molar-refractivity contribution in [1.82, 2.24) is 4.57 Å². The number of aryl methyl sites for hydroxylation is 1. The topological polar surface area (TPSA) is 48.0 Å². The van der Waals surface area contributed by atoms with Gasteiger partial charge in [-0.1, -0.05) is 59.6 Å². The molecule has 0 saturated carbocycles. The minimum absolute atomic E-state index is 0.455. The third-order valence-electron chi connectivity index (χ3n) is 5.89. The normalized spacial score (nSPS) is 11.3. The van der Waals surface area contributed by atoms with E-state index in [2.05, 4.69) is 35.8 Å². The molecular formula is C27H19Cl2N2O. The molecule has 4 aromatic carbocycles. The molecule has 0 spiro atoms. The Morgan fingerprint density at radius 2 is 1.81 bits per heavy atom. The fraction of sp³-hybridized carbons (Fsp3) is 0.0741. The molecule has 1 aromatic heterocycles. The van der Waals surface area contributed by atoms with E-state index in [-0.39, 0.29) is 0 Å². The molecule has 2 N–H and O–H groups in total. The SMILES string of the molecule is Cc1ccccc1Cn1c2cc(-c3ccc(Cl)cc3Cl)c[c]c2c2c(C(N)=O)cccc21. The number of benzene rings is 4. The van der Waals surface area contributed by atoms with E-state index in [1.807, 2.05) is 42.5 Å². The van der Waals surface area contributed by atoms with Crippen molar-refractivity contribution in [2.45, 2.75) is 13.5 Å². The van der Waals surface area contributed by atoms with Gasteiger partial charge in [-0.15, -0.1) is 0 Å². The second kappa shape index (κ2) is 8.01. The summed E-state index contributed by atoms with van der Waals surface area (Å²) in [5.74, 6) is -0.455. The van der Waals surface area contributed by atoms with Crippen LogP contribution in [0.3, 0.4) is 0 Å². The van der Waals surface area contributed by atoms with Crippen molar-refractivity contribution in [1.29, 1.82) is 0 Å². The number of nitrogens with two attached hydrogens (primary N) is 1. The molecule has 32 heavy (non-hydrogen) atoms. The molecule has 1 amide bonds. The minimum Gasteiger partial charge on any atom is -0.366 e. The van der Waals surface area contributed by atoms with Gasteiger partial charge in [0.15, 0.2) is 0 Å². The maximum Gasteiger partial charge on any atom is 0.249 e. The Balaban J connectivity index is 1.82. The van der Waals surface area contributed by atoms with E-state index < -0.39 is 5.91 Å². The van der Waals surface area contributed by atoms with E-state index in [0.29, 0.717) is 22.2 Å². The zero-order valence-electron chi connectivity index (χ0n) is 17.3. The first-order chi connectivity index (χ1) is 15.4. The average molecular weight is 458 g/mol. The van der Waals surface area contributed by atoms with Crippen molar-refractivity contribution in [3.63, 3.8) is 0 Å². The Morgan fingerprint density at radius 3 is 2.56 bits per heavy atom. The Hall–Kier alpha value is -3.27. The first-order valence-corrected chi connectivity index (χ1v) is 11.0. The monoisotopic (exact) mass is 457 g/mol. The van der Waals surface area contributed by atoms with Crippen LogP contribution < -0.4 is 5.73 Å². The highest BCUT2D eigenvalue weighted by molar-refractivity contribution is 6.36. The molecule has 5 aromatic rings. The summed E-state index contributed by atoms with van der Waals surface area (Å²) < 4.78 is 2.21. The van der Waals surface area contributed by atoms with E-state index in [1.54, 1.807) is 12.1 Å². The largest absolute Gasteiger partial charge is 0.366 e. The number of amides is 1. The predicted octanol–water partition coefficient (Wildman–Crippen LogP) is 7.02. The fourth-order valence-corrected chi connectivity index (χ4v) is 4.79. The van der Waals surface area contributed by atoms with E-state index in [4.69, 9.17) is 28.9 Å². The van der Waals surface area contributed by atoms with Crippen molar-refractivity contribution in [2.75, 3.05) is 0 Å². The molecule has 5 rings (SSSR count). The number of fused-ring (bicyclic) bond motifs is 3. The average Bonchev–Trinajstić information content (AvgIpc) is 3.08. The van der Waals surface area contributed by atoms with Gasteiger partial charge in [0.25, 0.3) is 0 Å². The van der Waals surface area contributed by atoms with Gasteiger partial charge in [-0.25, -0.2) is 0 Å². The molecule has 0 fully saturated rings. The summed E-state index contributed by atoms with van der Waals surface area (Å²) in [4.78, 5) is 12.2. The number of aromatic nitrogens is 1. The third-order valence-corrected chi connectivity index (χ3v) is 6.44. The van der Waals surface area contributed by atoms with Crippen LogP contribution >= 0.6 is 23.2 Å². The highest BCUT2D eigenvalue weighted by Gasteiger charge is 2.18. The smallest absolute Gasteiger partial charge is 0.249 e. The van der Waals surface area contributed by atoms with Crippen LogP contribution in [0.5, 0.6) is 0 Å². The fourth-order valence-electron chi connectivity index (χ4n) is 4.27. The Bertz CT molecular complexity index is 1520. The standard InChI is InChI=1S/C27H19Cl2N2O/c1-16-5-2-3-6-18(16)15-31-24-8-4-7-22(27(30)32)26(24)21-11-9-17(13-25(21)31)20-12-10-19(28)14-23(20)29/h2-10,12-14H,15H2,1H3,(H2,30,32). The first-order valence-electron chi connectivity index (χ1n) is 10.2. The molecule has 0 aliphatic carbocycles. The van der Waals surface area contributed by atoms with E-state index in [1.165, 1.54) is 11.1 Å². The van der Waals surface area contributed by atoms with Crippen LogP contribution in [-0.4, -0.2) is 10.5 Å². The molecule has 0 atom stereocenters. The lowest BCUT2D eigenvalue weighted by molar-refractivity contribution is 0.100. The van der Waals surface area contributed by atoms with Crippen molar-refractivity contribution in [3.05, 3.63) is 106 Å². The molecule has 1 radical (unpaired) electrons. The van der Waals surface area contributed by atoms with Gasteiger partial charge in [0.2, 0.25) is 5.91 Å². The first kappa shape index (κ1) is 20.6. The maximum absolute atomic E-state index is 12.2. The number of rotatable bonds is 4. The Kier molecular flexibility index (Phi) is 5.16. The molecule has 1 heterocycles. The van der Waals surface area contributed by atoms with Gasteiger partial charge < -0.3 is 10.3 Å². The van der Waals surface area contributed by atoms with Gasteiger partial charge in [-0.05, 0) is 66.1 Å². The molecule has 0 unspecified atom stereocenters. The third kappa shape index (κ3) is 3.44. The highest BCUT2D eigenvalue weighted by atomic mass is 35.5. The summed E-state index contributed by atoms with van der Waals surface area (Å²) in [5.41, 5.74) is 12.3. The van der Waals surface area contributed by atoms with Crippen molar-refractivity contribution < 1.29 is 4.79 Å². The summed E-state index contributed by atoms with van der Waals surface area (Å²) >= 11 is 12.6. The zero-order valence-corrected chi connectivity index (χ0v) is 18.8. The summed E-state index contributed by atoms with van der Waals surface area (Å²) in [6.07, 6.45) is 0. The molecule has 157 valence electrons. The molecule has 0 bridgehead atoms. The number of nitrogens with zero attached hydrogens (tertiary/aromatic N) is 1. The summed E-state index contributed by atoms with van der Waals surface area (Å²) in [7, 11) is 0. The number of hydrogen-bond donors (Lipinski definition) is 1. The lowest BCUT2D eigenvalue weighted by Gasteiger charge is -2.11. The van der Waals surface area contributed by atoms with Crippen LogP contribution in [0.15, 0.2) is 72.8 Å². The molecule has 3 nitrogen and oxygen atoms in total. The lowest BCUT2D eigenvalue weighted by atomic mass is 10.0. The summed E-state index contributed by atoms with van der Waals surface area (Å²) in [5, 5.41) is 2.84. The van der Waals surface area contributed by atoms with Crippen molar-refractivity contribution in [3.8, 4) is 11.1 Å². The van der Waals surface area contributed by atoms with Gasteiger partial charge in [-0.2, -0.15) is 0 Å². The molecular weight excluding hydrogens is 439 g/mol. The number of carbonyl (C=O) groups is 1. The van der Waals surface area contributed by atoms with Gasteiger partial charge in [0.05, 0.1) is 11.0 Å². The van der Waals surface area contributed by atoms with Gasteiger partial charge in [-0.3, -0.25) is 4.79 Å². The number of hydrogen-bond acceptors (Lipinski definition) is 1. The lowest BCUT2D eigenvalue weighted by Crippen LogP contribution is -2.11. The zero-order chi connectivity index (χ0) is 22.4. The molecule has 0 saturated heterocycles. The second-order valence-electron chi connectivity index (χ2n) is 7.85. The predicted molar refractivity (Wildman–Crippen MR) is 133 cm³/mol. The highest BCUT2D eigenvalue weighted by Crippen LogP contribution is 2.37. The Morgan fingerprint density at radius 1 is 1.00 bits per heavy atom. The maximum atomic E-state index is 12.2. The van der Waals surface area contributed by atoms with Gasteiger partial charge >= 0.3 is 0 Å². The number of primary amides is 1. The van der Waals surface area contributed by atoms with Crippen molar-refractivity contribution >= 4 is 50.9 Å². The van der Waals surface area contributed by atoms with Crippen molar-refractivity contribution in [2.24, 2.45) is 5.73 Å². The van der Waals surface area contributed by atoms with Crippen LogP contribution in [0.1, 0.15) is 21.5 Å². The quantitative estimate of drug-likeness (QED) is 0.309. The number of halogens is 2. The molecule has 0 aliphatic rings. The van der Waals surface area contributed by atoms with Crippen LogP contribution in [0.25, 0.3) is 32.9 Å². The summed E-state index contributed by atoms with van der Waals surface area (Å²) in [6.45, 7) is 2.75. The van der Waals surface area contributed by atoms with E-state index >= 15 is 0 Å². The molecule has 5 heteroatoms. The van der Waals surface area contributed by atoms with Crippen LogP contribution in [0.2, 0.25) is 10.0 Å². The van der Waals surface area contributed by atoms with Crippen LogP contribution in [-0.2, 0) is 6.54 Å². The van der Waals surface area contributed by atoms with E-state index in [9.17, 15) is 4.79 Å². The molecule has 0 aliphatic heterocycles. The van der Waals surface area contributed by atoms with Crippen LogP contribution in [0.4, 0.5) is 0 Å². The van der Waals surface area contributed by atoms with Gasteiger partial charge in [0, 0.05) is 38.5 Å². The Labute approximate surface area is 196 Å². The second-order valence-corrected chi connectivity index (χ2v) is 8.69. The van der Waals surface area contributed by atoms with E-state index in [0.717, 1.165) is 32.9 Å². The number of carbonyl (C=O) groups excluding carboxylic acids is 1. The summed E-state index contributed by atoms with van der Waals surface area (Å²) in [6, 6.07) is 26.8.